The molecule has 0 saturated carbocycles. The number of rotatable bonds is 5. The SMILES string of the molecule is Cc1ccccc1NC(=O)Cn1c2c(sc1=O)C(c1cccc(Cl)c1Cl)C1C(=O)N(c3cccc(C(F)(F)F)c3)C(=O)C1S2. The summed E-state index contributed by atoms with van der Waals surface area (Å²) in [5.41, 5.74) is 0.525. The number of amides is 3. The summed E-state index contributed by atoms with van der Waals surface area (Å²) < 4.78 is 41.8. The lowest BCUT2D eigenvalue weighted by Gasteiger charge is -2.31. The number of fused-ring (bicyclic) bond motifs is 2. The van der Waals surface area contributed by atoms with E-state index in [0.717, 1.165) is 51.8 Å². The predicted octanol–water partition coefficient (Wildman–Crippen LogP) is 6.98. The Morgan fingerprint density at radius 1 is 0.977 bits per heavy atom. The number of thioether (sulfide) groups is 1. The van der Waals surface area contributed by atoms with Crippen molar-refractivity contribution in [1.82, 2.24) is 4.57 Å². The molecule has 0 bridgehead atoms. The number of aryl methyl sites for hydroxylation is 1. The Morgan fingerprint density at radius 3 is 2.43 bits per heavy atom. The number of thiazole rings is 1. The molecule has 4 aromatic rings. The van der Waals surface area contributed by atoms with E-state index in [1.54, 1.807) is 30.3 Å². The normalized spacial score (nSPS) is 19.6. The summed E-state index contributed by atoms with van der Waals surface area (Å²) in [6, 6.07) is 15.9. The molecular weight excluding hydrogens is 658 g/mol. The van der Waals surface area contributed by atoms with Gasteiger partial charge in [0.2, 0.25) is 17.7 Å². The average molecular weight is 679 g/mol. The van der Waals surface area contributed by atoms with E-state index in [0.29, 0.717) is 21.2 Å². The van der Waals surface area contributed by atoms with E-state index in [4.69, 9.17) is 23.2 Å². The lowest BCUT2D eigenvalue weighted by Crippen LogP contribution is -2.33. The van der Waals surface area contributed by atoms with Crippen LogP contribution in [0.15, 0.2) is 76.6 Å². The Morgan fingerprint density at radius 2 is 1.70 bits per heavy atom. The molecule has 1 saturated heterocycles. The molecule has 6 rings (SSSR count). The fourth-order valence-electron chi connectivity index (χ4n) is 5.47. The van der Waals surface area contributed by atoms with Crippen molar-refractivity contribution in [1.29, 1.82) is 0 Å². The topological polar surface area (TPSA) is 88.5 Å². The van der Waals surface area contributed by atoms with Crippen LogP contribution >= 0.6 is 46.3 Å². The minimum atomic E-state index is -4.70. The number of halogens is 5. The Kier molecular flexibility index (Phi) is 7.89. The first-order chi connectivity index (χ1) is 20.9. The van der Waals surface area contributed by atoms with E-state index in [-0.39, 0.29) is 22.3 Å². The molecule has 3 atom stereocenters. The molecule has 226 valence electrons. The van der Waals surface area contributed by atoms with Gasteiger partial charge in [0, 0.05) is 16.5 Å². The molecule has 2 aliphatic rings. The molecule has 3 heterocycles. The molecule has 1 fully saturated rings. The molecule has 1 aromatic heterocycles. The van der Waals surface area contributed by atoms with E-state index < -0.39 is 51.4 Å². The number of anilines is 2. The first-order valence-electron chi connectivity index (χ1n) is 13.1. The number of imide groups is 1. The van der Waals surface area contributed by atoms with E-state index in [1.807, 2.05) is 19.1 Å². The number of benzene rings is 3. The zero-order chi connectivity index (χ0) is 31.5. The van der Waals surface area contributed by atoms with E-state index in [2.05, 4.69) is 5.32 Å². The molecule has 44 heavy (non-hydrogen) atoms. The monoisotopic (exact) mass is 677 g/mol. The molecule has 1 N–H and O–H groups in total. The molecule has 0 spiro atoms. The van der Waals surface area contributed by atoms with Crippen LogP contribution in [0.4, 0.5) is 24.5 Å². The number of carbonyl (C=O) groups is 3. The van der Waals surface area contributed by atoms with Gasteiger partial charge in [-0.1, -0.05) is 82.7 Å². The van der Waals surface area contributed by atoms with E-state index in [1.165, 1.54) is 10.6 Å². The lowest BCUT2D eigenvalue weighted by atomic mass is 9.83. The molecule has 3 amide bonds. The smallest absolute Gasteiger partial charge is 0.324 e. The maximum absolute atomic E-state index is 14.0. The van der Waals surface area contributed by atoms with Crippen LogP contribution < -0.4 is 15.1 Å². The van der Waals surface area contributed by atoms with Gasteiger partial charge in [-0.25, -0.2) is 4.90 Å². The summed E-state index contributed by atoms with van der Waals surface area (Å²) in [5, 5.41) is 2.25. The van der Waals surface area contributed by atoms with Crippen LogP contribution in [0.5, 0.6) is 0 Å². The molecule has 0 aliphatic carbocycles. The maximum Gasteiger partial charge on any atom is 0.416 e. The van der Waals surface area contributed by atoms with Gasteiger partial charge in [0.1, 0.15) is 11.8 Å². The van der Waals surface area contributed by atoms with Crippen molar-refractivity contribution in [3.8, 4) is 0 Å². The fraction of sp³-hybridized carbons (Fsp3) is 0.200. The van der Waals surface area contributed by atoms with Crippen LogP contribution in [0.2, 0.25) is 10.0 Å². The Hall–Kier alpha value is -3.58. The van der Waals surface area contributed by atoms with Gasteiger partial charge in [0.05, 0.1) is 32.2 Å². The quantitative estimate of drug-likeness (QED) is 0.230. The third kappa shape index (κ3) is 5.23. The van der Waals surface area contributed by atoms with Crippen LogP contribution in [0.1, 0.15) is 27.5 Å². The third-order valence-corrected chi connectivity index (χ3v) is 11.0. The highest BCUT2D eigenvalue weighted by Crippen LogP contribution is 2.55. The molecular formula is C30H20Cl2F3N3O4S2. The summed E-state index contributed by atoms with van der Waals surface area (Å²) in [4.78, 5) is 54.9. The van der Waals surface area contributed by atoms with Crippen molar-refractivity contribution < 1.29 is 27.6 Å². The Balaban J connectivity index is 1.44. The maximum atomic E-state index is 14.0. The van der Waals surface area contributed by atoms with Crippen LogP contribution in [-0.2, 0) is 27.1 Å². The Labute approximate surface area is 266 Å². The van der Waals surface area contributed by atoms with Crippen molar-refractivity contribution in [2.45, 2.75) is 35.8 Å². The van der Waals surface area contributed by atoms with Crippen LogP contribution in [0.25, 0.3) is 0 Å². The first-order valence-corrected chi connectivity index (χ1v) is 15.6. The second-order valence-corrected chi connectivity index (χ2v) is 13.1. The average Bonchev–Trinajstić information content (AvgIpc) is 3.41. The number of hydrogen-bond acceptors (Lipinski definition) is 6. The number of hydrogen-bond donors (Lipinski definition) is 1. The highest BCUT2D eigenvalue weighted by atomic mass is 35.5. The number of nitrogens with one attached hydrogen (secondary N) is 1. The molecule has 3 aromatic carbocycles. The summed E-state index contributed by atoms with van der Waals surface area (Å²) in [7, 11) is 0. The summed E-state index contributed by atoms with van der Waals surface area (Å²) in [6.07, 6.45) is -4.70. The van der Waals surface area contributed by atoms with Gasteiger partial charge >= 0.3 is 11.0 Å². The second-order valence-electron chi connectivity index (χ2n) is 10.2. The van der Waals surface area contributed by atoms with Gasteiger partial charge in [-0.3, -0.25) is 23.7 Å². The minimum Gasteiger partial charge on any atom is -0.324 e. The number of carbonyl (C=O) groups excluding carboxylic acids is 3. The summed E-state index contributed by atoms with van der Waals surface area (Å²) >= 11 is 14.7. The molecule has 2 aliphatic heterocycles. The number of nitrogens with zero attached hydrogens (tertiary/aromatic N) is 2. The van der Waals surface area contributed by atoms with Crippen LogP contribution in [0.3, 0.4) is 0 Å². The third-order valence-electron chi connectivity index (χ3n) is 7.52. The van der Waals surface area contributed by atoms with Gasteiger partial charge in [0.25, 0.3) is 0 Å². The zero-order valence-corrected chi connectivity index (χ0v) is 25.7. The van der Waals surface area contributed by atoms with Gasteiger partial charge in [-0.2, -0.15) is 13.2 Å². The standard InChI is InChI=1S/C30H20Cl2F3N3O4S2/c1-14-6-2-3-11-19(14)36-20(39)13-37-28-25(44-29(37)42)21(17-9-5-10-18(31)23(17)32)22-24(43-28)27(41)38(26(22)40)16-8-4-7-15(12-16)30(33,34)35/h2-12,21-22,24H,13H2,1H3,(H,36,39). The largest absolute Gasteiger partial charge is 0.416 e. The van der Waals surface area contributed by atoms with E-state index >= 15 is 0 Å². The number of para-hydroxylation sites is 1. The van der Waals surface area contributed by atoms with Gasteiger partial charge < -0.3 is 5.32 Å². The number of aromatic nitrogens is 1. The second kappa shape index (κ2) is 11.4. The minimum absolute atomic E-state index is 0.109. The fourth-order valence-corrected chi connectivity index (χ4v) is 8.66. The summed E-state index contributed by atoms with van der Waals surface area (Å²) in [5.74, 6) is -4.01. The zero-order valence-electron chi connectivity index (χ0n) is 22.5. The molecule has 14 heteroatoms. The summed E-state index contributed by atoms with van der Waals surface area (Å²) in [6.45, 7) is 1.45. The van der Waals surface area contributed by atoms with Crippen LogP contribution in [-0.4, -0.2) is 27.5 Å². The van der Waals surface area contributed by atoms with Crippen molar-refractivity contribution in [3.63, 3.8) is 0 Å². The van der Waals surface area contributed by atoms with Gasteiger partial charge in [-0.15, -0.1) is 0 Å². The van der Waals surface area contributed by atoms with Crippen LogP contribution in [0, 0.1) is 12.8 Å². The number of alkyl halides is 3. The molecule has 3 unspecified atom stereocenters. The predicted molar refractivity (Wildman–Crippen MR) is 164 cm³/mol. The Bertz CT molecular complexity index is 1910. The first kappa shape index (κ1) is 30.4. The molecule has 7 nitrogen and oxygen atoms in total. The highest BCUT2D eigenvalue weighted by molar-refractivity contribution is 8.00. The van der Waals surface area contributed by atoms with Gasteiger partial charge in [-0.05, 0) is 48.4 Å². The van der Waals surface area contributed by atoms with E-state index in [9.17, 15) is 32.3 Å². The van der Waals surface area contributed by atoms with Crippen molar-refractivity contribution in [3.05, 3.63) is 108 Å². The van der Waals surface area contributed by atoms with Crippen molar-refractivity contribution in [2.24, 2.45) is 5.92 Å². The van der Waals surface area contributed by atoms with Gasteiger partial charge in [0.15, 0.2) is 0 Å². The van der Waals surface area contributed by atoms with Crippen molar-refractivity contribution in [2.75, 3.05) is 10.2 Å². The molecule has 0 radical (unpaired) electrons. The lowest BCUT2D eigenvalue weighted by molar-refractivity contribution is -0.137. The van der Waals surface area contributed by atoms with Crippen molar-refractivity contribution >= 4 is 75.4 Å². The highest BCUT2D eigenvalue weighted by Gasteiger charge is 2.57.